The van der Waals surface area contributed by atoms with E-state index < -0.39 is 23.7 Å². The molecule has 3 aromatic carbocycles. The minimum Gasteiger partial charge on any atom is -0.480 e. The lowest BCUT2D eigenvalue weighted by Crippen LogP contribution is -2.47. The van der Waals surface area contributed by atoms with Gasteiger partial charge in [-0.05, 0) is 24.6 Å². The molecule has 0 saturated heterocycles. The smallest absolute Gasteiger partial charge is 0.323 e. The molecule has 5 heteroatoms. The van der Waals surface area contributed by atoms with E-state index in [9.17, 15) is 9.90 Å². The molecule has 3 aromatic rings. The minimum absolute atomic E-state index is 0.668. The number of fused-ring (bicyclic) bond motifs is 2. The fraction of sp³-hybridized carbons (Fsp3) is 0.174. The molecule has 1 heterocycles. The van der Waals surface area contributed by atoms with Gasteiger partial charge in [0.05, 0.1) is 6.10 Å². The Labute approximate surface area is 163 Å². The number of hydrogen-bond donors (Lipinski definition) is 2. The summed E-state index contributed by atoms with van der Waals surface area (Å²) in [4.78, 5) is 11.5. The Hall–Kier alpha value is -3.15. The second-order valence-corrected chi connectivity index (χ2v) is 6.83. The van der Waals surface area contributed by atoms with E-state index in [1.165, 1.54) is 0 Å². The quantitative estimate of drug-likeness (QED) is 0.707. The van der Waals surface area contributed by atoms with E-state index >= 15 is 0 Å². The maximum Gasteiger partial charge on any atom is 0.323 e. The van der Waals surface area contributed by atoms with Crippen LogP contribution in [-0.2, 0) is 15.1 Å². The number of nitrogens with two attached hydrogens (primary N) is 1. The summed E-state index contributed by atoms with van der Waals surface area (Å²) in [6.07, 6.45) is -0.753. The molecule has 0 spiro atoms. The maximum atomic E-state index is 11.5. The Morgan fingerprint density at radius 1 is 0.929 bits per heavy atom. The number of benzene rings is 3. The first-order valence-corrected chi connectivity index (χ1v) is 9.12. The summed E-state index contributed by atoms with van der Waals surface area (Å²) in [5.74, 6) is 0.228. The molecular formula is C23H21NO4. The summed E-state index contributed by atoms with van der Waals surface area (Å²) in [5, 5.41) is 9.40. The molecule has 1 aliphatic heterocycles. The number of para-hydroxylation sites is 2. The monoisotopic (exact) mass is 375 g/mol. The van der Waals surface area contributed by atoms with Crippen LogP contribution in [0.15, 0.2) is 78.9 Å². The standard InChI is InChI=1S/C23H21NO4/c1-15(21(24)22(25)26)28-23(16-9-3-2-4-10-16)17-11-5-7-13-19(17)27-20-14-8-6-12-18(20)23/h2-15,21H,24H2,1H3,(H,25,26)/t15?,21-/m1/s1. The normalized spacial score (nSPS) is 16.2. The molecule has 2 atom stereocenters. The molecule has 3 N–H and O–H groups in total. The van der Waals surface area contributed by atoms with Crippen molar-refractivity contribution in [3.63, 3.8) is 0 Å². The first kappa shape index (κ1) is 18.2. The lowest BCUT2D eigenvalue weighted by Gasteiger charge is -2.42. The molecule has 5 nitrogen and oxygen atoms in total. The van der Waals surface area contributed by atoms with Crippen molar-refractivity contribution in [2.45, 2.75) is 24.7 Å². The number of aliphatic carboxylic acids is 1. The van der Waals surface area contributed by atoms with Gasteiger partial charge in [-0.1, -0.05) is 66.7 Å². The number of hydrogen-bond acceptors (Lipinski definition) is 4. The van der Waals surface area contributed by atoms with E-state index in [0.717, 1.165) is 16.7 Å². The van der Waals surface area contributed by atoms with Gasteiger partial charge >= 0.3 is 5.97 Å². The van der Waals surface area contributed by atoms with Crippen molar-refractivity contribution in [1.29, 1.82) is 0 Å². The number of carboxylic acid groups (broad SMARTS) is 1. The summed E-state index contributed by atoms with van der Waals surface area (Å²) < 4.78 is 12.7. The fourth-order valence-electron chi connectivity index (χ4n) is 3.69. The van der Waals surface area contributed by atoms with Gasteiger partial charge in [-0.3, -0.25) is 4.79 Å². The number of carbonyl (C=O) groups is 1. The molecule has 142 valence electrons. The second kappa shape index (κ2) is 7.11. The molecule has 0 bridgehead atoms. The predicted molar refractivity (Wildman–Crippen MR) is 105 cm³/mol. The highest BCUT2D eigenvalue weighted by molar-refractivity contribution is 5.74. The highest BCUT2D eigenvalue weighted by Crippen LogP contribution is 2.52. The van der Waals surface area contributed by atoms with Gasteiger partial charge in [-0.25, -0.2) is 0 Å². The maximum absolute atomic E-state index is 11.5. The van der Waals surface area contributed by atoms with Crippen molar-refractivity contribution in [2.75, 3.05) is 0 Å². The Morgan fingerprint density at radius 3 is 1.96 bits per heavy atom. The molecule has 1 unspecified atom stereocenters. The van der Waals surface area contributed by atoms with Crippen LogP contribution in [0.1, 0.15) is 23.6 Å². The Morgan fingerprint density at radius 2 is 1.43 bits per heavy atom. The van der Waals surface area contributed by atoms with Crippen LogP contribution >= 0.6 is 0 Å². The molecule has 0 radical (unpaired) electrons. The molecule has 0 amide bonds. The first-order chi connectivity index (χ1) is 13.5. The topological polar surface area (TPSA) is 81.8 Å². The SMILES string of the molecule is CC(OC1(c2ccccc2)c2ccccc2Oc2ccccc21)[C@@H](N)C(=O)O. The minimum atomic E-state index is -1.16. The van der Waals surface area contributed by atoms with Gasteiger partial charge in [0.1, 0.15) is 17.5 Å². The van der Waals surface area contributed by atoms with E-state index in [1.807, 2.05) is 78.9 Å². The highest BCUT2D eigenvalue weighted by atomic mass is 16.5. The van der Waals surface area contributed by atoms with E-state index in [1.54, 1.807) is 6.92 Å². The van der Waals surface area contributed by atoms with Crippen molar-refractivity contribution >= 4 is 5.97 Å². The van der Waals surface area contributed by atoms with Crippen molar-refractivity contribution in [1.82, 2.24) is 0 Å². The van der Waals surface area contributed by atoms with Crippen LogP contribution in [0.3, 0.4) is 0 Å². The molecule has 28 heavy (non-hydrogen) atoms. The zero-order valence-electron chi connectivity index (χ0n) is 15.4. The van der Waals surface area contributed by atoms with Crippen LogP contribution in [0.5, 0.6) is 11.5 Å². The van der Waals surface area contributed by atoms with Crippen LogP contribution in [0, 0.1) is 0 Å². The molecule has 1 aliphatic rings. The molecule has 0 fully saturated rings. The Kier molecular flexibility index (Phi) is 4.63. The van der Waals surface area contributed by atoms with Crippen molar-refractivity contribution in [3.8, 4) is 11.5 Å². The van der Waals surface area contributed by atoms with E-state index in [-0.39, 0.29) is 0 Å². The van der Waals surface area contributed by atoms with Gasteiger partial charge in [-0.15, -0.1) is 0 Å². The van der Waals surface area contributed by atoms with Crippen LogP contribution in [0.2, 0.25) is 0 Å². The average Bonchev–Trinajstić information content (AvgIpc) is 2.73. The molecule has 0 saturated carbocycles. The molecule has 0 aromatic heterocycles. The summed E-state index contributed by atoms with van der Waals surface area (Å²) in [7, 11) is 0. The van der Waals surface area contributed by atoms with E-state index in [0.29, 0.717) is 11.5 Å². The summed E-state index contributed by atoms with van der Waals surface area (Å²) in [5.41, 5.74) is 7.35. The van der Waals surface area contributed by atoms with Gasteiger partial charge < -0.3 is 20.3 Å². The third kappa shape index (κ3) is 2.85. The van der Waals surface area contributed by atoms with Crippen LogP contribution in [-0.4, -0.2) is 23.2 Å². The van der Waals surface area contributed by atoms with Gasteiger partial charge in [0.2, 0.25) is 0 Å². The third-order valence-corrected chi connectivity index (χ3v) is 5.09. The number of rotatable bonds is 5. The van der Waals surface area contributed by atoms with Gasteiger partial charge in [0, 0.05) is 11.1 Å². The van der Waals surface area contributed by atoms with Crippen LogP contribution in [0.4, 0.5) is 0 Å². The predicted octanol–water partition coefficient (Wildman–Crippen LogP) is 3.90. The summed E-state index contributed by atoms with van der Waals surface area (Å²) in [6, 6.07) is 23.9. The lowest BCUT2D eigenvalue weighted by atomic mass is 9.77. The van der Waals surface area contributed by atoms with Gasteiger partial charge in [0.25, 0.3) is 0 Å². The molecule has 0 aliphatic carbocycles. The van der Waals surface area contributed by atoms with Crippen LogP contribution < -0.4 is 10.5 Å². The number of ether oxygens (including phenoxy) is 2. The lowest BCUT2D eigenvalue weighted by molar-refractivity contribution is -0.145. The zero-order chi connectivity index (χ0) is 19.7. The van der Waals surface area contributed by atoms with E-state index in [2.05, 4.69) is 0 Å². The van der Waals surface area contributed by atoms with Crippen molar-refractivity contribution in [3.05, 3.63) is 95.6 Å². The summed E-state index contributed by atoms with van der Waals surface area (Å²) in [6.45, 7) is 1.68. The first-order valence-electron chi connectivity index (χ1n) is 9.12. The van der Waals surface area contributed by atoms with Gasteiger partial charge in [-0.2, -0.15) is 0 Å². The Balaban J connectivity index is 2.00. The molecule has 4 rings (SSSR count). The highest BCUT2D eigenvalue weighted by Gasteiger charge is 2.47. The third-order valence-electron chi connectivity index (χ3n) is 5.09. The van der Waals surface area contributed by atoms with Gasteiger partial charge in [0.15, 0.2) is 5.60 Å². The zero-order valence-corrected chi connectivity index (χ0v) is 15.4. The van der Waals surface area contributed by atoms with E-state index in [4.69, 9.17) is 15.2 Å². The largest absolute Gasteiger partial charge is 0.480 e. The van der Waals surface area contributed by atoms with Crippen molar-refractivity contribution < 1.29 is 19.4 Å². The molecular weight excluding hydrogens is 354 g/mol. The second-order valence-electron chi connectivity index (χ2n) is 6.83. The number of carboxylic acids is 1. The summed E-state index contributed by atoms with van der Waals surface area (Å²) >= 11 is 0. The fourth-order valence-corrected chi connectivity index (χ4v) is 3.69. The van der Waals surface area contributed by atoms with Crippen LogP contribution in [0.25, 0.3) is 0 Å². The Bertz CT molecular complexity index is 957. The average molecular weight is 375 g/mol. The van der Waals surface area contributed by atoms with Crippen molar-refractivity contribution in [2.24, 2.45) is 5.73 Å².